The minimum absolute atomic E-state index is 0.0340. The molecule has 2 aromatic carbocycles. The van der Waals surface area contributed by atoms with E-state index in [1.54, 1.807) is 24.1 Å². The van der Waals surface area contributed by atoms with Crippen molar-refractivity contribution in [1.29, 1.82) is 0 Å². The van der Waals surface area contributed by atoms with Gasteiger partial charge in [-0.15, -0.1) is 0 Å². The monoisotopic (exact) mass is 423 g/mol. The standard InChI is InChI=1S/C24H26FN3O3/c1-27-20-14-31-21(12-19(20)26-13-22(27)29)24(30)28-11-10-15-4-2-3-5-18(15)23(28)16-6-8-17(25)9-7-16/h2-9,19-21,23,26H,10-14H2,1H3/t19-,20-,21+,23-/m0/s1. The summed E-state index contributed by atoms with van der Waals surface area (Å²) in [5, 5.41) is 3.27. The van der Waals surface area contributed by atoms with Crippen molar-refractivity contribution in [2.24, 2.45) is 0 Å². The third-order valence-electron chi connectivity index (χ3n) is 6.83. The lowest BCUT2D eigenvalue weighted by atomic mass is 9.87. The molecule has 2 amide bonds. The fourth-order valence-electron chi connectivity index (χ4n) is 5.08. The van der Waals surface area contributed by atoms with Gasteiger partial charge in [-0.05, 0) is 35.2 Å². The molecular weight excluding hydrogens is 397 g/mol. The van der Waals surface area contributed by atoms with E-state index in [1.807, 2.05) is 23.1 Å². The number of carbonyl (C=O) groups excluding carboxylic acids is 2. The number of nitrogens with one attached hydrogen (secondary N) is 1. The number of hydrogen-bond acceptors (Lipinski definition) is 4. The zero-order valence-corrected chi connectivity index (χ0v) is 17.5. The zero-order chi connectivity index (χ0) is 21.5. The van der Waals surface area contributed by atoms with Gasteiger partial charge in [0.15, 0.2) is 0 Å². The lowest BCUT2D eigenvalue weighted by molar-refractivity contribution is -0.157. The van der Waals surface area contributed by atoms with Gasteiger partial charge < -0.3 is 19.9 Å². The Kier molecular flexibility index (Phi) is 5.24. The first-order valence-corrected chi connectivity index (χ1v) is 10.8. The Morgan fingerprint density at radius 1 is 1.16 bits per heavy atom. The van der Waals surface area contributed by atoms with Crippen molar-refractivity contribution in [2.45, 2.75) is 37.1 Å². The number of halogens is 1. The van der Waals surface area contributed by atoms with Crippen LogP contribution in [0.3, 0.4) is 0 Å². The molecule has 4 atom stereocenters. The van der Waals surface area contributed by atoms with Crippen molar-refractivity contribution in [3.05, 3.63) is 71.0 Å². The van der Waals surface area contributed by atoms with Gasteiger partial charge in [-0.1, -0.05) is 36.4 Å². The fraction of sp³-hybridized carbons (Fsp3) is 0.417. The van der Waals surface area contributed by atoms with Gasteiger partial charge in [0.05, 0.1) is 25.2 Å². The van der Waals surface area contributed by atoms with Crippen molar-refractivity contribution < 1.29 is 18.7 Å². The van der Waals surface area contributed by atoms with Crippen LogP contribution in [0.2, 0.25) is 0 Å². The molecule has 6 nitrogen and oxygen atoms in total. The Labute approximate surface area is 181 Å². The highest BCUT2D eigenvalue weighted by Crippen LogP contribution is 2.36. The maximum atomic E-state index is 13.7. The summed E-state index contributed by atoms with van der Waals surface area (Å²) < 4.78 is 19.6. The number of rotatable bonds is 2. The molecule has 0 bridgehead atoms. The highest BCUT2D eigenvalue weighted by molar-refractivity contribution is 5.83. The van der Waals surface area contributed by atoms with Gasteiger partial charge in [0, 0.05) is 26.1 Å². The molecule has 5 rings (SSSR count). The number of piperazine rings is 1. The average Bonchev–Trinajstić information content (AvgIpc) is 2.81. The molecule has 2 fully saturated rings. The molecule has 3 aliphatic rings. The lowest BCUT2D eigenvalue weighted by Gasteiger charge is -2.46. The molecule has 0 aromatic heterocycles. The SMILES string of the molecule is CN1C(=O)CN[C@H]2C[C@H](C(=O)N3CCc4ccccc4[C@@H]3c3ccc(F)cc3)OC[C@@H]21. The lowest BCUT2D eigenvalue weighted by Crippen LogP contribution is -2.65. The normalized spacial score (nSPS) is 28.1. The van der Waals surface area contributed by atoms with E-state index in [-0.39, 0.29) is 42.3 Å². The number of fused-ring (bicyclic) bond motifs is 2. The van der Waals surface area contributed by atoms with Crippen LogP contribution in [0.5, 0.6) is 0 Å². The topological polar surface area (TPSA) is 61.9 Å². The third-order valence-corrected chi connectivity index (χ3v) is 6.83. The van der Waals surface area contributed by atoms with Crippen LogP contribution >= 0.6 is 0 Å². The van der Waals surface area contributed by atoms with Gasteiger partial charge >= 0.3 is 0 Å². The molecular formula is C24H26FN3O3. The predicted molar refractivity (Wildman–Crippen MR) is 113 cm³/mol. The Balaban J connectivity index is 1.42. The van der Waals surface area contributed by atoms with E-state index in [9.17, 15) is 14.0 Å². The Hall–Kier alpha value is -2.77. The molecule has 0 radical (unpaired) electrons. The van der Waals surface area contributed by atoms with E-state index in [0.29, 0.717) is 19.6 Å². The van der Waals surface area contributed by atoms with Crippen LogP contribution in [-0.2, 0) is 20.7 Å². The first kappa shape index (κ1) is 20.2. The van der Waals surface area contributed by atoms with Crippen LogP contribution in [-0.4, -0.2) is 66.5 Å². The first-order chi connectivity index (χ1) is 15.0. The summed E-state index contributed by atoms with van der Waals surface area (Å²) in [6.07, 6.45) is 0.729. The smallest absolute Gasteiger partial charge is 0.252 e. The molecule has 0 aliphatic carbocycles. The Bertz CT molecular complexity index is 996. The van der Waals surface area contributed by atoms with Crippen molar-refractivity contribution in [1.82, 2.24) is 15.1 Å². The van der Waals surface area contributed by atoms with Crippen LogP contribution in [0.1, 0.15) is 29.2 Å². The van der Waals surface area contributed by atoms with Gasteiger partial charge in [-0.2, -0.15) is 0 Å². The largest absolute Gasteiger partial charge is 0.366 e. The van der Waals surface area contributed by atoms with Crippen LogP contribution in [0, 0.1) is 5.82 Å². The van der Waals surface area contributed by atoms with Gasteiger partial charge in [0.1, 0.15) is 11.9 Å². The second-order valence-electron chi connectivity index (χ2n) is 8.55. The summed E-state index contributed by atoms with van der Waals surface area (Å²) in [6.45, 7) is 1.20. The predicted octanol–water partition coefficient (Wildman–Crippen LogP) is 1.89. The minimum atomic E-state index is -0.566. The summed E-state index contributed by atoms with van der Waals surface area (Å²) >= 11 is 0. The molecule has 3 aliphatic heterocycles. The van der Waals surface area contributed by atoms with Crippen molar-refractivity contribution >= 4 is 11.8 Å². The maximum absolute atomic E-state index is 13.7. The van der Waals surface area contributed by atoms with E-state index in [4.69, 9.17) is 4.74 Å². The van der Waals surface area contributed by atoms with Crippen molar-refractivity contribution in [3.63, 3.8) is 0 Å². The van der Waals surface area contributed by atoms with Gasteiger partial charge in [0.25, 0.3) is 5.91 Å². The quantitative estimate of drug-likeness (QED) is 0.802. The molecule has 7 heteroatoms. The van der Waals surface area contributed by atoms with Gasteiger partial charge in [-0.25, -0.2) is 4.39 Å². The number of ether oxygens (including phenoxy) is 1. The van der Waals surface area contributed by atoms with E-state index in [2.05, 4.69) is 11.4 Å². The maximum Gasteiger partial charge on any atom is 0.252 e. The number of amides is 2. The molecule has 1 N–H and O–H groups in total. The zero-order valence-electron chi connectivity index (χ0n) is 17.5. The summed E-state index contributed by atoms with van der Waals surface area (Å²) in [6, 6.07) is 14.2. The van der Waals surface area contributed by atoms with E-state index in [0.717, 1.165) is 17.5 Å². The minimum Gasteiger partial charge on any atom is -0.366 e. The van der Waals surface area contributed by atoms with Crippen LogP contribution < -0.4 is 5.32 Å². The average molecular weight is 423 g/mol. The molecule has 0 spiro atoms. The number of carbonyl (C=O) groups is 2. The highest BCUT2D eigenvalue weighted by atomic mass is 19.1. The Morgan fingerprint density at radius 2 is 1.94 bits per heavy atom. The number of hydrogen-bond donors (Lipinski definition) is 1. The molecule has 3 heterocycles. The summed E-state index contributed by atoms with van der Waals surface area (Å²) in [5.74, 6) is -0.309. The number of likely N-dealkylation sites (N-methyl/N-ethyl adjacent to an activating group) is 1. The second-order valence-corrected chi connectivity index (χ2v) is 8.55. The van der Waals surface area contributed by atoms with Gasteiger partial charge in [-0.3, -0.25) is 9.59 Å². The summed E-state index contributed by atoms with van der Waals surface area (Å²) in [5.41, 5.74) is 3.17. The van der Waals surface area contributed by atoms with Crippen molar-refractivity contribution in [3.8, 4) is 0 Å². The first-order valence-electron chi connectivity index (χ1n) is 10.8. The van der Waals surface area contributed by atoms with E-state index < -0.39 is 6.10 Å². The fourth-order valence-corrected chi connectivity index (χ4v) is 5.08. The van der Waals surface area contributed by atoms with Crippen molar-refractivity contribution in [2.75, 3.05) is 26.7 Å². The number of nitrogens with zero attached hydrogens (tertiary/aromatic N) is 2. The molecule has 0 saturated carbocycles. The highest BCUT2D eigenvalue weighted by Gasteiger charge is 2.43. The van der Waals surface area contributed by atoms with E-state index >= 15 is 0 Å². The molecule has 0 unspecified atom stereocenters. The molecule has 162 valence electrons. The van der Waals surface area contributed by atoms with Crippen LogP contribution in [0.25, 0.3) is 0 Å². The summed E-state index contributed by atoms with van der Waals surface area (Å²) in [7, 11) is 1.79. The van der Waals surface area contributed by atoms with E-state index in [1.165, 1.54) is 17.7 Å². The van der Waals surface area contributed by atoms with Crippen LogP contribution in [0.15, 0.2) is 48.5 Å². The molecule has 2 saturated heterocycles. The third kappa shape index (κ3) is 3.62. The Morgan fingerprint density at radius 3 is 2.74 bits per heavy atom. The second kappa shape index (κ2) is 8.05. The molecule has 31 heavy (non-hydrogen) atoms. The van der Waals surface area contributed by atoms with Crippen LogP contribution in [0.4, 0.5) is 4.39 Å². The van der Waals surface area contributed by atoms with Gasteiger partial charge in [0.2, 0.25) is 5.91 Å². The number of benzene rings is 2. The summed E-state index contributed by atoms with van der Waals surface area (Å²) in [4.78, 5) is 29.2. The molecule has 2 aromatic rings.